The maximum Gasteiger partial charge on any atom is 0.293 e. The van der Waals surface area contributed by atoms with E-state index in [1.807, 2.05) is 24.3 Å². The lowest BCUT2D eigenvalue weighted by Gasteiger charge is -2.15. The minimum Gasteiger partial charge on any atom is -0.497 e. The van der Waals surface area contributed by atoms with Crippen molar-refractivity contribution >= 4 is 5.91 Å². The van der Waals surface area contributed by atoms with Gasteiger partial charge in [-0.2, -0.15) is 0 Å². The fraction of sp³-hybridized carbons (Fsp3) is 0.357. The Balaban J connectivity index is 1.80. The molecule has 0 saturated heterocycles. The molecule has 0 spiro atoms. The molecule has 0 aliphatic carbocycles. The van der Waals surface area contributed by atoms with Gasteiger partial charge in [0.15, 0.2) is 0 Å². The highest BCUT2D eigenvalue weighted by Crippen LogP contribution is 2.16. The predicted octanol–water partition coefficient (Wildman–Crippen LogP) is 1.27. The van der Waals surface area contributed by atoms with Gasteiger partial charge in [0, 0.05) is 7.05 Å². The molecular weight excluding hydrogens is 272 g/mol. The zero-order valence-electron chi connectivity index (χ0n) is 12.3. The molecular formula is C14H18N4O3. The van der Waals surface area contributed by atoms with E-state index in [0.717, 1.165) is 11.5 Å². The number of amides is 1. The number of likely N-dealkylation sites (N-methyl/N-ethyl adjacent to an activating group) is 1. The molecule has 0 aliphatic rings. The standard InChI is InChI=1S/C14H18N4O3/c1-10-15-13(17-16-10)14(19)18(2)8-9-21-12-6-4-11(20-3)5-7-12/h4-7H,8-9H2,1-3H3,(H,15,16,17). The van der Waals surface area contributed by atoms with Crippen molar-refractivity contribution in [2.45, 2.75) is 6.92 Å². The van der Waals surface area contributed by atoms with E-state index < -0.39 is 0 Å². The fourth-order valence-electron chi connectivity index (χ4n) is 1.68. The van der Waals surface area contributed by atoms with Crippen LogP contribution >= 0.6 is 0 Å². The first kappa shape index (κ1) is 14.8. The molecule has 0 bridgehead atoms. The summed E-state index contributed by atoms with van der Waals surface area (Å²) in [5.74, 6) is 2.04. The van der Waals surface area contributed by atoms with Crippen molar-refractivity contribution in [1.82, 2.24) is 20.1 Å². The Labute approximate surface area is 122 Å². The van der Waals surface area contributed by atoms with E-state index >= 15 is 0 Å². The molecule has 0 aliphatic heterocycles. The van der Waals surface area contributed by atoms with E-state index in [-0.39, 0.29) is 11.7 Å². The first-order valence-electron chi connectivity index (χ1n) is 6.51. The quantitative estimate of drug-likeness (QED) is 0.866. The summed E-state index contributed by atoms with van der Waals surface area (Å²) < 4.78 is 10.6. The molecule has 0 radical (unpaired) electrons. The molecule has 1 amide bonds. The number of aromatic nitrogens is 3. The maximum absolute atomic E-state index is 12.0. The highest BCUT2D eigenvalue weighted by atomic mass is 16.5. The molecule has 2 rings (SSSR count). The van der Waals surface area contributed by atoms with Crippen LogP contribution in [0.2, 0.25) is 0 Å². The van der Waals surface area contributed by atoms with Crippen molar-refractivity contribution in [3.05, 3.63) is 35.9 Å². The Kier molecular flexibility index (Phi) is 4.76. The normalized spacial score (nSPS) is 10.2. The Morgan fingerprint density at radius 1 is 1.29 bits per heavy atom. The number of aromatic amines is 1. The number of nitrogens with zero attached hydrogens (tertiary/aromatic N) is 3. The van der Waals surface area contributed by atoms with Crippen molar-refractivity contribution in [1.29, 1.82) is 0 Å². The molecule has 1 heterocycles. The van der Waals surface area contributed by atoms with Crippen LogP contribution in [0.1, 0.15) is 16.4 Å². The van der Waals surface area contributed by atoms with Crippen molar-refractivity contribution in [3.8, 4) is 11.5 Å². The van der Waals surface area contributed by atoms with E-state index in [1.165, 1.54) is 4.90 Å². The summed E-state index contributed by atoms with van der Waals surface area (Å²) in [4.78, 5) is 17.5. The fourth-order valence-corrected chi connectivity index (χ4v) is 1.68. The van der Waals surface area contributed by atoms with E-state index in [9.17, 15) is 4.79 Å². The molecule has 2 aromatic rings. The number of benzene rings is 1. The predicted molar refractivity (Wildman–Crippen MR) is 76.6 cm³/mol. The Morgan fingerprint density at radius 3 is 2.52 bits per heavy atom. The number of hydrogen-bond acceptors (Lipinski definition) is 5. The van der Waals surface area contributed by atoms with Crippen molar-refractivity contribution < 1.29 is 14.3 Å². The van der Waals surface area contributed by atoms with Gasteiger partial charge in [0.2, 0.25) is 5.82 Å². The lowest BCUT2D eigenvalue weighted by atomic mass is 10.3. The van der Waals surface area contributed by atoms with Gasteiger partial charge in [0.05, 0.1) is 13.7 Å². The largest absolute Gasteiger partial charge is 0.497 e. The Bertz CT molecular complexity index is 595. The second-order valence-corrected chi connectivity index (χ2v) is 4.50. The molecule has 0 saturated carbocycles. The zero-order chi connectivity index (χ0) is 15.2. The number of rotatable bonds is 6. The third kappa shape index (κ3) is 3.95. The van der Waals surface area contributed by atoms with E-state index in [0.29, 0.717) is 19.0 Å². The second-order valence-electron chi connectivity index (χ2n) is 4.50. The molecule has 1 N–H and O–H groups in total. The van der Waals surface area contributed by atoms with Gasteiger partial charge < -0.3 is 14.4 Å². The third-order valence-corrected chi connectivity index (χ3v) is 2.89. The summed E-state index contributed by atoms with van der Waals surface area (Å²) in [6, 6.07) is 7.28. The molecule has 0 unspecified atom stereocenters. The van der Waals surface area contributed by atoms with Crippen molar-refractivity contribution in [2.75, 3.05) is 27.3 Å². The number of ether oxygens (including phenoxy) is 2. The van der Waals surface area contributed by atoms with Crippen LogP contribution in [0.5, 0.6) is 11.5 Å². The second kappa shape index (κ2) is 6.74. The maximum atomic E-state index is 12.0. The summed E-state index contributed by atoms with van der Waals surface area (Å²) in [7, 11) is 3.30. The average Bonchev–Trinajstić information content (AvgIpc) is 2.93. The van der Waals surface area contributed by atoms with Crippen LogP contribution in [0.3, 0.4) is 0 Å². The van der Waals surface area contributed by atoms with Gasteiger partial charge >= 0.3 is 0 Å². The van der Waals surface area contributed by atoms with Gasteiger partial charge in [-0.3, -0.25) is 9.89 Å². The number of methoxy groups -OCH3 is 1. The van der Waals surface area contributed by atoms with Crippen molar-refractivity contribution in [3.63, 3.8) is 0 Å². The van der Waals surface area contributed by atoms with Crippen LogP contribution < -0.4 is 9.47 Å². The molecule has 21 heavy (non-hydrogen) atoms. The van der Waals surface area contributed by atoms with Crippen LogP contribution in [0.4, 0.5) is 0 Å². The van der Waals surface area contributed by atoms with Crippen LogP contribution in [0.25, 0.3) is 0 Å². The lowest BCUT2D eigenvalue weighted by Crippen LogP contribution is -2.31. The minimum atomic E-state index is -0.238. The molecule has 112 valence electrons. The molecule has 7 heteroatoms. The van der Waals surface area contributed by atoms with E-state index in [4.69, 9.17) is 9.47 Å². The van der Waals surface area contributed by atoms with E-state index in [2.05, 4.69) is 15.2 Å². The first-order valence-corrected chi connectivity index (χ1v) is 6.51. The van der Waals surface area contributed by atoms with Crippen molar-refractivity contribution in [2.24, 2.45) is 0 Å². The molecule has 1 aromatic carbocycles. The SMILES string of the molecule is COc1ccc(OCCN(C)C(=O)c2n[nH]c(C)n2)cc1. The Hall–Kier alpha value is -2.57. The number of carbonyl (C=O) groups is 1. The number of hydrogen-bond donors (Lipinski definition) is 1. The number of H-pyrrole nitrogens is 1. The lowest BCUT2D eigenvalue weighted by molar-refractivity contribution is 0.0762. The van der Waals surface area contributed by atoms with Gasteiger partial charge in [-0.25, -0.2) is 4.98 Å². The summed E-state index contributed by atoms with van der Waals surface area (Å²) in [5, 5.41) is 6.49. The average molecular weight is 290 g/mol. The number of carbonyl (C=O) groups excluding carboxylic acids is 1. The van der Waals surface area contributed by atoms with Gasteiger partial charge in [0.25, 0.3) is 5.91 Å². The number of nitrogens with one attached hydrogen (secondary N) is 1. The number of aryl methyl sites for hydroxylation is 1. The van der Waals surface area contributed by atoms with E-state index in [1.54, 1.807) is 21.1 Å². The van der Waals surface area contributed by atoms with Crippen LogP contribution in [0, 0.1) is 6.92 Å². The molecule has 0 atom stereocenters. The molecule has 1 aromatic heterocycles. The van der Waals surface area contributed by atoms with Crippen LogP contribution in [0.15, 0.2) is 24.3 Å². The van der Waals surface area contributed by atoms with Gasteiger partial charge in [-0.15, -0.1) is 5.10 Å². The summed E-state index contributed by atoms with van der Waals surface area (Å²) in [6.07, 6.45) is 0. The molecule has 7 nitrogen and oxygen atoms in total. The van der Waals surface area contributed by atoms with Crippen LogP contribution in [-0.2, 0) is 0 Å². The smallest absolute Gasteiger partial charge is 0.293 e. The van der Waals surface area contributed by atoms with Crippen LogP contribution in [-0.4, -0.2) is 53.3 Å². The third-order valence-electron chi connectivity index (χ3n) is 2.89. The van der Waals surface area contributed by atoms with Gasteiger partial charge in [-0.05, 0) is 31.2 Å². The highest BCUT2D eigenvalue weighted by molar-refractivity contribution is 5.90. The monoisotopic (exact) mass is 290 g/mol. The molecule has 0 fully saturated rings. The zero-order valence-corrected chi connectivity index (χ0v) is 12.3. The first-order chi connectivity index (χ1) is 10.1. The Morgan fingerprint density at radius 2 is 1.95 bits per heavy atom. The minimum absolute atomic E-state index is 0.166. The van der Waals surface area contributed by atoms with Gasteiger partial charge in [-0.1, -0.05) is 0 Å². The summed E-state index contributed by atoms with van der Waals surface area (Å²) >= 11 is 0. The topological polar surface area (TPSA) is 80.3 Å². The van der Waals surface area contributed by atoms with Gasteiger partial charge in [0.1, 0.15) is 23.9 Å². The summed E-state index contributed by atoms with van der Waals surface area (Å²) in [6.45, 7) is 2.58. The summed E-state index contributed by atoms with van der Waals surface area (Å²) in [5.41, 5.74) is 0. The highest BCUT2D eigenvalue weighted by Gasteiger charge is 2.16.